The molecule has 0 aliphatic rings. The fourth-order valence-corrected chi connectivity index (χ4v) is 2.13. The second kappa shape index (κ2) is 8.27. The summed E-state index contributed by atoms with van der Waals surface area (Å²) in [7, 11) is 6.21. The van der Waals surface area contributed by atoms with E-state index in [1.807, 2.05) is 6.07 Å². The number of benzene rings is 1. The van der Waals surface area contributed by atoms with Crippen LogP contribution >= 0.6 is 0 Å². The first-order valence-electron chi connectivity index (χ1n) is 6.80. The van der Waals surface area contributed by atoms with E-state index in [1.54, 1.807) is 12.1 Å². The fourth-order valence-electron chi connectivity index (χ4n) is 2.13. The quantitative estimate of drug-likeness (QED) is 0.644. The Morgan fingerprint density at radius 2 is 1.85 bits per heavy atom. The van der Waals surface area contributed by atoms with Crippen LogP contribution in [0.3, 0.4) is 0 Å². The van der Waals surface area contributed by atoms with Gasteiger partial charge in [0.25, 0.3) is 0 Å². The second-order valence-electron chi connectivity index (χ2n) is 5.34. The summed E-state index contributed by atoms with van der Waals surface area (Å²) >= 11 is 0. The molecule has 0 aliphatic carbocycles. The summed E-state index contributed by atoms with van der Waals surface area (Å²) in [6.07, 6.45) is 1.11. The van der Waals surface area contributed by atoms with Gasteiger partial charge in [-0.2, -0.15) is 0 Å². The molecule has 1 rings (SSSR count). The summed E-state index contributed by atoms with van der Waals surface area (Å²) < 4.78 is 5.12. The van der Waals surface area contributed by atoms with Crippen LogP contribution in [0.2, 0.25) is 0 Å². The molecular formula is C14H25BN2O3. The van der Waals surface area contributed by atoms with Crippen molar-refractivity contribution in [2.45, 2.75) is 13.0 Å². The molecule has 0 fully saturated rings. The molecule has 1 aromatic carbocycles. The Balaban J connectivity index is 2.61. The molecule has 0 heterocycles. The molecule has 0 bridgehead atoms. The third-order valence-electron chi connectivity index (χ3n) is 3.17. The van der Waals surface area contributed by atoms with E-state index >= 15 is 0 Å². The van der Waals surface area contributed by atoms with Crippen molar-refractivity contribution in [1.29, 1.82) is 0 Å². The Labute approximate surface area is 121 Å². The number of ether oxygens (including phenoxy) is 1. The Morgan fingerprint density at radius 1 is 1.15 bits per heavy atom. The highest BCUT2D eigenvalue weighted by molar-refractivity contribution is 6.59. The molecule has 0 aromatic heterocycles. The Morgan fingerprint density at radius 3 is 2.40 bits per heavy atom. The summed E-state index contributed by atoms with van der Waals surface area (Å²) in [5.41, 5.74) is 1.45. The Bertz CT molecular complexity index is 413. The van der Waals surface area contributed by atoms with Crippen molar-refractivity contribution in [3.05, 3.63) is 23.8 Å². The van der Waals surface area contributed by atoms with Gasteiger partial charge >= 0.3 is 7.12 Å². The van der Waals surface area contributed by atoms with E-state index in [2.05, 4.69) is 30.9 Å². The summed E-state index contributed by atoms with van der Waals surface area (Å²) in [6, 6.07) is 5.51. The van der Waals surface area contributed by atoms with Crippen molar-refractivity contribution < 1.29 is 14.8 Å². The zero-order valence-corrected chi connectivity index (χ0v) is 12.8. The van der Waals surface area contributed by atoms with E-state index in [4.69, 9.17) is 4.74 Å². The summed E-state index contributed by atoms with van der Waals surface area (Å²) in [5.74, 6) is 0.499. The van der Waals surface area contributed by atoms with Crippen LogP contribution in [0.5, 0.6) is 5.75 Å². The smallest absolute Gasteiger partial charge is 0.492 e. The molecule has 112 valence electrons. The molecule has 5 nitrogen and oxygen atoms in total. The van der Waals surface area contributed by atoms with Crippen molar-refractivity contribution in [2.24, 2.45) is 0 Å². The van der Waals surface area contributed by atoms with Gasteiger partial charge in [0.15, 0.2) is 0 Å². The number of nitrogens with zero attached hydrogens (tertiary/aromatic N) is 2. The summed E-state index contributed by atoms with van der Waals surface area (Å²) in [6.45, 7) is 2.84. The highest BCUT2D eigenvalue weighted by Crippen LogP contribution is 2.11. The molecule has 2 N–H and O–H groups in total. The summed E-state index contributed by atoms with van der Waals surface area (Å²) in [4.78, 5) is 4.39. The van der Waals surface area contributed by atoms with Crippen molar-refractivity contribution >= 4 is 12.6 Å². The van der Waals surface area contributed by atoms with Crippen LogP contribution in [0, 0.1) is 0 Å². The van der Waals surface area contributed by atoms with Gasteiger partial charge in [0, 0.05) is 12.0 Å². The third-order valence-corrected chi connectivity index (χ3v) is 3.17. The number of methoxy groups -OCH3 is 1. The first kappa shape index (κ1) is 17.0. The van der Waals surface area contributed by atoms with Crippen LogP contribution in [0.15, 0.2) is 18.2 Å². The van der Waals surface area contributed by atoms with E-state index in [9.17, 15) is 10.0 Å². The highest BCUT2D eigenvalue weighted by atomic mass is 16.5. The number of rotatable bonds is 8. The van der Waals surface area contributed by atoms with Gasteiger partial charge in [-0.3, -0.25) is 0 Å². The Kier molecular flexibility index (Phi) is 7.02. The molecule has 0 amide bonds. The first-order chi connectivity index (χ1) is 9.43. The number of hydrogen-bond donors (Lipinski definition) is 2. The maximum Gasteiger partial charge on any atom is 0.492 e. The predicted octanol–water partition coefficient (Wildman–Crippen LogP) is -0.241. The van der Waals surface area contributed by atoms with Crippen LogP contribution in [-0.2, 0) is 6.54 Å². The maximum absolute atomic E-state index is 9.35. The molecule has 0 aliphatic heterocycles. The third kappa shape index (κ3) is 5.50. The van der Waals surface area contributed by atoms with Gasteiger partial charge in [0.05, 0.1) is 7.11 Å². The second-order valence-corrected chi connectivity index (χ2v) is 5.34. The molecule has 6 heteroatoms. The minimum atomic E-state index is -1.51. The lowest BCUT2D eigenvalue weighted by molar-refractivity contribution is 0.294. The molecule has 0 atom stereocenters. The Hall–Kier alpha value is -1.08. The van der Waals surface area contributed by atoms with Crippen LogP contribution < -0.4 is 10.2 Å². The van der Waals surface area contributed by atoms with E-state index in [-0.39, 0.29) is 0 Å². The average Bonchev–Trinajstić information content (AvgIpc) is 2.38. The molecular weight excluding hydrogens is 255 g/mol. The van der Waals surface area contributed by atoms with E-state index < -0.39 is 7.12 Å². The van der Waals surface area contributed by atoms with Gasteiger partial charge in [-0.05, 0) is 52.3 Å². The monoisotopic (exact) mass is 280 g/mol. The zero-order chi connectivity index (χ0) is 15.1. The molecule has 20 heavy (non-hydrogen) atoms. The minimum Gasteiger partial charge on any atom is -0.497 e. The summed E-state index contributed by atoms with van der Waals surface area (Å²) in [5, 5.41) is 18.7. The van der Waals surface area contributed by atoms with Crippen LogP contribution in [0.25, 0.3) is 0 Å². The average molecular weight is 280 g/mol. The predicted molar refractivity (Wildman–Crippen MR) is 82.3 cm³/mol. The fraction of sp³-hybridized carbons (Fsp3) is 0.571. The molecule has 0 spiro atoms. The first-order valence-corrected chi connectivity index (χ1v) is 6.80. The van der Waals surface area contributed by atoms with Crippen molar-refractivity contribution in [3.8, 4) is 5.75 Å². The number of hydrogen-bond acceptors (Lipinski definition) is 5. The highest BCUT2D eigenvalue weighted by Gasteiger charge is 2.17. The van der Waals surface area contributed by atoms with E-state index in [1.165, 1.54) is 7.11 Å². The molecule has 0 radical (unpaired) electrons. The lowest BCUT2D eigenvalue weighted by Crippen LogP contribution is -2.32. The molecule has 0 saturated carbocycles. The van der Waals surface area contributed by atoms with Crippen molar-refractivity contribution in [3.63, 3.8) is 0 Å². The molecule has 0 saturated heterocycles. The van der Waals surface area contributed by atoms with Gasteiger partial charge in [-0.25, -0.2) is 0 Å². The maximum atomic E-state index is 9.35. The normalized spacial score (nSPS) is 11.2. The molecule has 1 aromatic rings. The van der Waals surface area contributed by atoms with Gasteiger partial charge in [-0.15, -0.1) is 0 Å². The van der Waals surface area contributed by atoms with Gasteiger partial charge in [0.2, 0.25) is 0 Å². The minimum absolute atomic E-state index is 0.409. The van der Waals surface area contributed by atoms with Crippen LogP contribution in [-0.4, -0.2) is 68.3 Å². The SMILES string of the molecule is COc1ccc(CN(C)CCCN(C)C)cc1B(O)O. The van der Waals surface area contributed by atoms with Crippen LogP contribution in [0.4, 0.5) is 0 Å². The van der Waals surface area contributed by atoms with Crippen molar-refractivity contribution in [1.82, 2.24) is 9.80 Å². The molecule has 0 unspecified atom stereocenters. The topological polar surface area (TPSA) is 56.2 Å². The van der Waals surface area contributed by atoms with Gasteiger partial charge in [-0.1, -0.05) is 12.1 Å². The zero-order valence-electron chi connectivity index (χ0n) is 12.8. The standard InChI is InChI=1S/C14H25BN2O3/c1-16(2)8-5-9-17(3)11-12-6-7-14(20-4)13(10-12)15(18)19/h6-7,10,18-19H,5,8-9,11H2,1-4H3. The van der Waals surface area contributed by atoms with Crippen LogP contribution in [0.1, 0.15) is 12.0 Å². The lowest BCUT2D eigenvalue weighted by Gasteiger charge is -2.19. The van der Waals surface area contributed by atoms with Crippen molar-refractivity contribution in [2.75, 3.05) is 41.3 Å². The van der Waals surface area contributed by atoms with E-state index in [0.717, 1.165) is 31.6 Å². The largest absolute Gasteiger partial charge is 0.497 e. The lowest BCUT2D eigenvalue weighted by atomic mass is 9.78. The van der Waals surface area contributed by atoms with E-state index in [0.29, 0.717) is 11.2 Å². The van der Waals surface area contributed by atoms with Gasteiger partial charge in [0.1, 0.15) is 5.75 Å². The van der Waals surface area contributed by atoms with Gasteiger partial charge < -0.3 is 24.6 Å².